The van der Waals surface area contributed by atoms with Gasteiger partial charge in [-0.2, -0.15) is 0 Å². The molecule has 2 aromatic rings. The van der Waals surface area contributed by atoms with Crippen molar-refractivity contribution in [3.8, 4) is 5.75 Å². The molecule has 1 aromatic heterocycles. The van der Waals surface area contributed by atoms with Gasteiger partial charge in [0.25, 0.3) is 0 Å². The second-order valence-electron chi connectivity index (χ2n) is 3.08. The molecule has 16 heavy (non-hydrogen) atoms. The zero-order chi connectivity index (χ0) is 11.0. The van der Waals surface area contributed by atoms with Gasteiger partial charge in [0, 0.05) is 6.54 Å². The van der Waals surface area contributed by atoms with E-state index in [-0.39, 0.29) is 29.6 Å². The lowest BCUT2D eigenvalue weighted by molar-refractivity contribution is 0.115. The summed E-state index contributed by atoms with van der Waals surface area (Å²) in [5, 5.41) is 19.2. The highest BCUT2D eigenvalue weighted by atomic mass is 35.5. The number of nitrogens with two attached hydrogens (primary N) is 1. The van der Waals surface area contributed by atoms with Crippen LogP contribution in [-0.2, 0) is 0 Å². The molecule has 7 heteroatoms. The third kappa shape index (κ3) is 1.92. The molecule has 1 heterocycles. The number of hydrogen-bond donors (Lipinski definition) is 3. The van der Waals surface area contributed by atoms with E-state index in [2.05, 4.69) is 0 Å². The maximum absolute atomic E-state index is 11.5. The Hall–Kier alpha value is -1.08. The minimum atomic E-state index is -1.10. The van der Waals surface area contributed by atoms with E-state index in [9.17, 15) is 15.0 Å². The lowest BCUT2D eigenvalue weighted by atomic mass is 10.3. The number of nitrogens with zero attached hydrogens (tertiary/aromatic N) is 1. The molecule has 0 saturated carbocycles. The molecular formula is C9H11ClN2O3S. The van der Waals surface area contributed by atoms with Crippen molar-refractivity contribution in [1.82, 2.24) is 4.57 Å². The first-order chi connectivity index (χ1) is 7.15. The summed E-state index contributed by atoms with van der Waals surface area (Å²) < 4.78 is 1.74. The van der Waals surface area contributed by atoms with Gasteiger partial charge in [0.1, 0.15) is 17.5 Å². The number of halogens is 1. The van der Waals surface area contributed by atoms with E-state index in [0.717, 1.165) is 15.9 Å². The molecular weight excluding hydrogens is 252 g/mol. The van der Waals surface area contributed by atoms with Crippen LogP contribution in [0.2, 0.25) is 0 Å². The topological polar surface area (TPSA) is 88.5 Å². The van der Waals surface area contributed by atoms with Crippen LogP contribution in [0, 0.1) is 0 Å². The number of phenols is 1. The summed E-state index contributed by atoms with van der Waals surface area (Å²) in [7, 11) is 0. The van der Waals surface area contributed by atoms with Gasteiger partial charge < -0.3 is 15.9 Å². The van der Waals surface area contributed by atoms with Crippen LogP contribution < -0.4 is 10.6 Å². The highest BCUT2D eigenvalue weighted by molar-refractivity contribution is 7.16. The maximum atomic E-state index is 11.5. The molecule has 88 valence electrons. The SMILES string of the molecule is Cl.NC[C@@H](O)n1c(=O)sc2cccc(O)c21. The number of rotatable bonds is 2. The molecule has 0 aliphatic carbocycles. The summed E-state index contributed by atoms with van der Waals surface area (Å²) in [5.41, 5.74) is 5.62. The van der Waals surface area contributed by atoms with Crippen LogP contribution in [0.15, 0.2) is 23.0 Å². The smallest absolute Gasteiger partial charge is 0.310 e. The van der Waals surface area contributed by atoms with Gasteiger partial charge in [-0.25, -0.2) is 0 Å². The lowest BCUT2D eigenvalue weighted by Gasteiger charge is -2.10. The Morgan fingerprint density at radius 1 is 1.50 bits per heavy atom. The maximum Gasteiger partial charge on any atom is 0.310 e. The third-order valence-corrected chi connectivity index (χ3v) is 3.04. The Balaban J connectivity index is 0.00000128. The molecule has 5 nitrogen and oxygen atoms in total. The number of thiazole rings is 1. The van der Waals surface area contributed by atoms with E-state index < -0.39 is 6.23 Å². The first kappa shape index (κ1) is 13.0. The van der Waals surface area contributed by atoms with Crippen molar-refractivity contribution in [2.45, 2.75) is 6.23 Å². The molecule has 2 rings (SSSR count). The lowest BCUT2D eigenvalue weighted by Crippen LogP contribution is -2.25. The standard InChI is InChI=1S/C9H10N2O3S.ClH/c10-4-7(13)11-8-5(12)2-1-3-6(8)15-9(11)14;/h1-3,7,12-13H,4,10H2;1H/t7-;/m1./s1. The first-order valence-electron chi connectivity index (χ1n) is 4.36. The van der Waals surface area contributed by atoms with Gasteiger partial charge in [-0.1, -0.05) is 17.4 Å². The van der Waals surface area contributed by atoms with Crippen molar-refractivity contribution < 1.29 is 10.2 Å². The fourth-order valence-electron chi connectivity index (χ4n) is 1.45. The van der Waals surface area contributed by atoms with Gasteiger partial charge in [-0.3, -0.25) is 9.36 Å². The Morgan fingerprint density at radius 2 is 2.19 bits per heavy atom. The van der Waals surface area contributed by atoms with Crippen molar-refractivity contribution in [2.24, 2.45) is 5.73 Å². The highest BCUT2D eigenvalue weighted by Crippen LogP contribution is 2.27. The van der Waals surface area contributed by atoms with Gasteiger partial charge in [-0.15, -0.1) is 12.4 Å². The van der Waals surface area contributed by atoms with E-state index in [1.54, 1.807) is 12.1 Å². The average molecular weight is 263 g/mol. The van der Waals surface area contributed by atoms with Crippen LogP contribution in [0.3, 0.4) is 0 Å². The Bertz CT molecular complexity index is 551. The zero-order valence-electron chi connectivity index (χ0n) is 8.16. The van der Waals surface area contributed by atoms with Crippen molar-refractivity contribution >= 4 is 34.0 Å². The first-order valence-corrected chi connectivity index (χ1v) is 5.18. The summed E-state index contributed by atoms with van der Waals surface area (Å²) >= 11 is 0.968. The number of para-hydroxylation sites is 1. The molecule has 0 bridgehead atoms. The average Bonchev–Trinajstić information content (AvgIpc) is 2.55. The zero-order valence-corrected chi connectivity index (χ0v) is 9.79. The van der Waals surface area contributed by atoms with E-state index >= 15 is 0 Å². The second-order valence-corrected chi connectivity index (χ2v) is 4.07. The normalized spacial score (nSPS) is 12.4. The number of fused-ring (bicyclic) bond motifs is 1. The van der Waals surface area contributed by atoms with Crippen LogP contribution in [0.5, 0.6) is 5.75 Å². The van der Waals surface area contributed by atoms with Crippen molar-refractivity contribution in [1.29, 1.82) is 0 Å². The molecule has 0 aliphatic heterocycles. The molecule has 4 N–H and O–H groups in total. The Labute approximate surface area is 101 Å². The van der Waals surface area contributed by atoms with Crippen LogP contribution in [-0.4, -0.2) is 21.3 Å². The molecule has 1 atom stereocenters. The predicted octanol–water partition coefficient (Wildman–Crippen LogP) is 0.640. The number of hydrogen-bond acceptors (Lipinski definition) is 5. The van der Waals surface area contributed by atoms with Gasteiger partial charge in [0.15, 0.2) is 0 Å². The fourth-order valence-corrected chi connectivity index (χ4v) is 2.39. The van der Waals surface area contributed by atoms with Gasteiger partial charge in [0.05, 0.1) is 4.70 Å². The van der Waals surface area contributed by atoms with E-state index in [4.69, 9.17) is 5.73 Å². The van der Waals surface area contributed by atoms with Crippen molar-refractivity contribution in [2.75, 3.05) is 6.54 Å². The molecule has 1 aromatic carbocycles. The van der Waals surface area contributed by atoms with Crippen LogP contribution in [0.4, 0.5) is 0 Å². The van der Waals surface area contributed by atoms with E-state index in [1.165, 1.54) is 6.07 Å². The molecule has 0 amide bonds. The van der Waals surface area contributed by atoms with Gasteiger partial charge >= 0.3 is 4.87 Å². The number of benzene rings is 1. The predicted molar refractivity (Wildman–Crippen MR) is 65.3 cm³/mol. The Morgan fingerprint density at radius 3 is 2.81 bits per heavy atom. The number of aromatic nitrogens is 1. The second kappa shape index (κ2) is 4.84. The van der Waals surface area contributed by atoms with Crippen LogP contribution in [0.25, 0.3) is 10.2 Å². The van der Waals surface area contributed by atoms with E-state index in [1.807, 2.05) is 0 Å². The molecule has 0 unspecified atom stereocenters. The van der Waals surface area contributed by atoms with E-state index in [0.29, 0.717) is 10.2 Å². The quantitative estimate of drug-likeness (QED) is 0.741. The molecule has 0 fully saturated rings. The Kier molecular flexibility index (Phi) is 3.93. The van der Waals surface area contributed by atoms with Crippen molar-refractivity contribution in [3.05, 3.63) is 27.9 Å². The summed E-state index contributed by atoms with van der Waals surface area (Å²) in [6.07, 6.45) is -1.10. The number of aliphatic hydroxyl groups excluding tert-OH is 1. The van der Waals surface area contributed by atoms with Crippen molar-refractivity contribution in [3.63, 3.8) is 0 Å². The van der Waals surface area contributed by atoms with Gasteiger partial charge in [-0.05, 0) is 12.1 Å². The molecule has 0 radical (unpaired) electrons. The fraction of sp³-hybridized carbons (Fsp3) is 0.222. The van der Waals surface area contributed by atoms with Crippen LogP contribution >= 0.6 is 23.7 Å². The number of phenolic OH excluding ortho intramolecular Hbond substituents is 1. The summed E-state index contributed by atoms with van der Waals surface area (Å²) in [4.78, 5) is 11.2. The number of aromatic hydroxyl groups is 1. The third-order valence-electron chi connectivity index (χ3n) is 2.12. The summed E-state index contributed by atoms with van der Waals surface area (Å²) in [6.45, 7) is -0.0694. The monoisotopic (exact) mass is 262 g/mol. The minimum absolute atomic E-state index is 0. The molecule has 0 saturated heterocycles. The highest BCUT2D eigenvalue weighted by Gasteiger charge is 2.15. The molecule has 0 aliphatic rings. The number of aliphatic hydroxyl groups is 1. The summed E-state index contributed by atoms with van der Waals surface area (Å²) in [5.74, 6) is -0.0293. The van der Waals surface area contributed by atoms with Gasteiger partial charge in [0.2, 0.25) is 0 Å². The minimum Gasteiger partial charge on any atom is -0.506 e. The summed E-state index contributed by atoms with van der Waals surface area (Å²) in [6, 6.07) is 4.82. The molecule has 0 spiro atoms. The van der Waals surface area contributed by atoms with Crippen LogP contribution in [0.1, 0.15) is 6.23 Å². The largest absolute Gasteiger partial charge is 0.506 e.